The Kier molecular flexibility index (Phi) is 9.86. The molecule has 2 amide bonds. The van der Waals surface area contributed by atoms with Crippen molar-refractivity contribution >= 4 is 46.8 Å². The first-order chi connectivity index (χ1) is 15.0. The summed E-state index contributed by atoms with van der Waals surface area (Å²) in [6.07, 6.45) is 0.454. The lowest BCUT2D eigenvalue weighted by molar-refractivity contribution is -0.140. The van der Waals surface area contributed by atoms with Crippen molar-refractivity contribution in [2.24, 2.45) is 0 Å². The molecule has 0 bridgehead atoms. The lowest BCUT2D eigenvalue weighted by Gasteiger charge is -2.33. The molecular formula is C24H29Cl2FN2O2S. The lowest BCUT2D eigenvalue weighted by atomic mass is 10.1. The number of nitrogens with one attached hydrogen (secondary N) is 1. The van der Waals surface area contributed by atoms with Crippen LogP contribution in [0.3, 0.4) is 0 Å². The van der Waals surface area contributed by atoms with Gasteiger partial charge in [0.25, 0.3) is 0 Å². The van der Waals surface area contributed by atoms with Crippen molar-refractivity contribution < 1.29 is 14.0 Å². The molecule has 1 atom stereocenters. The van der Waals surface area contributed by atoms with Gasteiger partial charge >= 0.3 is 0 Å². The van der Waals surface area contributed by atoms with Crippen LogP contribution < -0.4 is 5.32 Å². The summed E-state index contributed by atoms with van der Waals surface area (Å²) in [4.78, 5) is 27.8. The highest BCUT2D eigenvalue weighted by Crippen LogP contribution is 2.28. The number of amides is 2. The van der Waals surface area contributed by atoms with Crippen molar-refractivity contribution in [3.63, 3.8) is 0 Å². The minimum Gasteiger partial charge on any atom is -0.350 e. The Morgan fingerprint density at radius 3 is 2.22 bits per heavy atom. The van der Waals surface area contributed by atoms with E-state index in [1.807, 2.05) is 27.7 Å². The second-order valence-corrected chi connectivity index (χ2v) is 10.3. The molecule has 4 nitrogen and oxygen atoms in total. The molecule has 1 N–H and O–H groups in total. The van der Waals surface area contributed by atoms with Gasteiger partial charge in [-0.25, -0.2) is 4.39 Å². The molecule has 0 heterocycles. The first-order valence-corrected chi connectivity index (χ1v) is 12.3. The molecule has 0 saturated heterocycles. The zero-order valence-electron chi connectivity index (χ0n) is 18.8. The Labute approximate surface area is 203 Å². The summed E-state index contributed by atoms with van der Waals surface area (Å²) in [5, 5.41) is 4.07. The highest BCUT2D eigenvalue weighted by atomic mass is 35.5. The highest BCUT2D eigenvalue weighted by Gasteiger charge is 2.30. The Balaban J connectivity index is 2.18. The summed E-state index contributed by atoms with van der Waals surface area (Å²) in [5.41, 5.74) is 1.10. The van der Waals surface area contributed by atoms with Gasteiger partial charge in [0.1, 0.15) is 11.9 Å². The average molecular weight is 499 g/mol. The van der Waals surface area contributed by atoms with Crippen LogP contribution in [-0.2, 0) is 21.9 Å². The molecule has 8 heteroatoms. The van der Waals surface area contributed by atoms with Crippen LogP contribution in [0, 0.1) is 5.82 Å². The number of carbonyl (C=O) groups is 2. The van der Waals surface area contributed by atoms with E-state index >= 15 is 0 Å². The van der Waals surface area contributed by atoms with E-state index in [2.05, 4.69) is 5.32 Å². The lowest BCUT2D eigenvalue weighted by Crippen LogP contribution is -2.53. The number of benzene rings is 2. The Morgan fingerprint density at radius 1 is 1.09 bits per heavy atom. The molecule has 0 aliphatic carbocycles. The van der Waals surface area contributed by atoms with Crippen LogP contribution in [0.25, 0.3) is 0 Å². The molecule has 0 aliphatic rings. The van der Waals surface area contributed by atoms with Crippen molar-refractivity contribution in [1.29, 1.82) is 0 Å². The topological polar surface area (TPSA) is 49.4 Å². The van der Waals surface area contributed by atoms with Gasteiger partial charge in [0.15, 0.2) is 0 Å². The SMILES string of the molecule is CC[C@H](C(=O)NC(C)(C)C)N(Cc1ccc(F)cc1)C(=O)CSCc1c(Cl)cccc1Cl. The second kappa shape index (κ2) is 11.9. The minimum atomic E-state index is -0.642. The maximum Gasteiger partial charge on any atom is 0.243 e. The predicted octanol–water partition coefficient (Wildman–Crippen LogP) is 6.09. The van der Waals surface area contributed by atoms with Crippen molar-refractivity contribution in [3.05, 3.63) is 69.5 Å². The van der Waals surface area contributed by atoms with E-state index in [1.165, 1.54) is 23.9 Å². The first-order valence-electron chi connectivity index (χ1n) is 10.4. The van der Waals surface area contributed by atoms with Crippen molar-refractivity contribution in [3.8, 4) is 0 Å². The molecule has 2 aromatic rings. The van der Waals surface area contributed by atoms with Gasteiger partial charge in [-0.3, -0.25) is 9.59 Å². The largest absolute Gasteiger partial charge is 0.350 e. The molecule has 2 aromatic carbocycles. The summed E-state index contributed by atoms with van der Waals surface area (Å²) in [5.74, 6) is -0.119. The van der Waals surface area contributed by atoms with Crippen molar-refractivity contribution in [2.45, 2.75) is 58.0 Å². The number of halogens is 3. The Bertz CT molecular complexity index is 912. The monoisotopic (exact) mass is 498 g/mol. The summed E-state index contributed by atoms with van der Waals surface area (Å²) in [6, 6.07) is 10.6. The van der Waals surface area contributed by atoms with Gasteiger partial charge in [0.2, 0.25) is 11.8 Å². The third-order valence-electron chi connectivity index (χ3n) is 4.68. The molecule has 32 heavy (non-hydrogen) atoms. The summed E-state index contributed by atoms with van der Waals surface area (Å²) in [7, 11) is 0. The molecule has 0 unspecified atom stereocenters. The standard InChI is InChI=1S/C24H29Cl2FN2O2S/c1-5-21(23(31)28-24(2,3)4)29(13-16-9-11-17(27)12-10-16)22(30)15-32-14-18-19(25)7-6-8-20(18)26/h6-12,21H,5,13-15H2,1-4H3,(H,28,31)/t21-/m1/s1. The molecule has 0 saturated carbocycles. The van der Waals surface area contributed by atoms with Gasteiger partial charge in [-0.15, -0.1) is 11.8 Å². The van der Waals surface area contributed by atoms with Crippen LogP contribution in [-0.4, -0.2) is 34.0 Å². The smallest absolute Gasteiger partial charge is 0.243 e. The van der Waals surface area contributed by atoms with E-state index in [0.717, 1.165) is 11.1 Å². The van der Waals surface area contributed by atoms with Gasteiger partial charge in [-0.1, -0.05) is 48.3 Å². The fourth-order valence-corrected chi connectivity index (χ4v) is 4.80. The van der Waals surface area contributed by atoms with E-state index in [-0.39, 0.29) is 29.9 Å². The number of nitrogens with zero attached hydrogens (tertiary/aromatic N) is 1. The van der Waals surface area contributed by atoms with Gasteiger partial charge in [0, 0.05) is 27.9 Å². The van der Waals surface area contributed by atoms with Gasteiger partial charge in [-0.2, -0.15) is 0 Å². The second-order valence-electron chi connectivity index (χ2n) is 8.50. The van der Waals surface area contributed by atoms with E-state index in [0.29, 0.717) is 22.2 Å². The summed E-state index contributed by atoms with van der Waals surface area (Å²) in [6.45, 7) is 7.77. The number of hydrogen-bond donors (Lipinski definition) is 1. The number of rotatable bonds is 9. The molecular weight excluding hydrogens is 470 g/mol. The molecule has 174 valence electrons. The Hall–Kier alpha value is -1.76. The van der Waals surface area contributed by atoms with E-state index in [9.17, 15) is 14.0 Å². The molecule has 0 spiro atoms. The van der Waals surface area contributed by atoms with E-state index in [1.54, 1.807) is 35.2 Å². The van der Waals surface area contributed by atoms with Crippen LogP contribution in [0.2, 0.25) is 10.0 Å². The van der Waals surface area contributed by atoms with E-state index in [4.69, 9.17) is 23.2 Å². The predicted molar refractivity (Wildman–Crippen MR) is 132 cm³/mol. The van der Waals surface area contributed by atoms with Gasteiger partial charge in [0.05, 0.1) is 5.75 Å². The van der Waals surface area contributed by atoms with Crippen LogP contribution >= 0.6 is 35.0 Å². The van der Waals surface area contributed by atoms with Gasteiger partial charge < -0.3 is 10.2 Å². The zero-order valence-corrected chi connectivity index (χ0v) is 21.1. The average Bonchev–Trinajstić information content (AvgIpc) is 2.70. The Morgan fingerprint density at radius 2 is 1.69 bits per heavy atom. The maximum absolute atomic E-state index is 13.3. The molecule has 0 fully saturated rings. The molecule has 0 radical (unpaired) electrons. The summed E-state index contributed by atoms with van der Waals surface area (Å²) >= 11 is 13.8. The molecule has 0 aromatic heterocycles. The maximum atomic E-state index is 13.3. The first kappa shape index (κ1) is 26.5. The number of hydrogen-bond acceptors (Lipinski definition) is 3. The van der Waals surface area contributed by atoms with Crippen molar-refractivity contribution in [2.75, 3.05) is 5.75 Å². The molecule has 2 rings (SSSR count). The fraction of sp³-hybridized carbons (Fsp3) is 0.417. The minimum absolute atomic E-state index is 0.155. The fourth-order valence-electron chi connectivity index (χ4n) is 3.15. The quantitative estimate of drug-likeness (QED) is 0.455. The normalized spacial score (nSPS) is 12.3. The third kappa shape index (κ3) is 7.98. The summed E-state index contributed by atoms with van der Waals surface area (Å²) < 4.78 is 13.3. The highest BCUT2D eigenvalue weighted by molar-refractivity contribution is 7.99. The van der Waals surface area contributed by atoms with Crippen LogP contribution in [0.5, 0.6) is 0 Å². The van der Waals surface area contributed by atoms with Crippen LogP contribution in [0.4, 0.5) is 4.39 Å². The van der Waals surface area contributed by atoms with Crippen LogP contribution in [0.1, 0.15) is 45.2 Å². The zero-order chi connectivity index (χ0) is 23.9. The van der Waals surface area contributed by atoms with Crippen LogP contribution in [0.15, 0.2) is 42.5 Å². The van der Waals surface area contributed by atoms with Gasteiger partial charge in [-0.05, 0) is 62.6 Å². The molecule has 0 aliphatic heterocycles. The third-order valence-corrected chi connectivity index (χ3v) is 6.34. The number of thioether (sulfide) groups is 1. The van der Waals surface area contributed by atoms with E-state index < -0.39 is 11.6 Å². The number of carbonyl (C=O) groups excluding carboxylic acids is 2. The van der Waals surface area contributed by atoms with Crippen molar-refractivity contribution in [1.82, 2.24) is 10.2 Å².